The number of amides is 1. The number of thiazole rings is 1. The molecule has 192 valence electrons. The number of aryl methyl sites for hydroxylation is 1. The van der Waals surface area contributed by atoms with E-state index >= 15 is 0 Å². The maximum Gasteiger partial charge on any atom is 0.280 e. The van der Waals surface area contributed by atoms with Crippen molar-refractivity contribution in [2.75, 3.05) is 18.6 Å². The normalized spacial score (nSPS) is 12.0. The minimum atomic E-state index is -3.63. The summed E-state index contributed by atoms with van der Waals surface area (Å²) in [7, 11) is -2.07. The Balaban J connectivity index is 1.67. The molecular formula is C27H27BrN4O3S2. The number of anilines is 1. The first-order valence-electron chi connectivity index (χ1n) is 11.8. The molecule has 0 fully saturated rings. The number of carbonyl (C=O) groups excluding carboxylic acids is 1. The van der Waals surface area contributed by atoms with Crippen LogP contribution in [0.2, 0.25) is 0 Å². The fourth-order valence-corrected chi connectivity index (χ4v) is 6.04. The lowest BCUT2D eigenvalue weighted by molar-refractivity contribution is 0.0987. The van der Waals surface area contributed by atoms with Crippen LogP contribution in [0, 0.1) is 6.92 Å². The molecule has 1 aromatic heterocycles. The van der Waals surface area contributed by atoms with Gasteiger partial charge in [-0.15, -0.1) is 0 Å². The minimum Gasteiger partial charge on any atom is -0.267 e. The van der Waals surface area contributed by atoms with Crippen molar-refractivity contribution in [1.29, 1.82) is 0 Å². The first-order chi connectivity index (χ1) is 17.7. The monoisotopic (exact) mass is 598 g/mol. The molecule has 0 spiro atoms. The van der Waals surface area contributed by atoms with Gasteiger partial charge in [0, 0.05) is 23.6 Å². The topological polar surface area (TPSA) is 82.9 Å². The second-order valence-corrected chi connectivity index (χ2v) is 12.6. The lowest BCUT2D eigenvalue weighted by Crippen LogP contribution is -2.28. The Labute approximate surface area is 229 Å². The summed E-state index contributed by atoms with van der Waals surface area (Å²) in [5.74, 6) is -0.410. The van der Waals surface area contributed by atoms with E-state index in [1.807, 2.05) is 56.3 Å². The summed E-state index contributed by atoms with van der Waals surface area (Å²) >= 11 is 4.79. The highest BCUT2D eigenvalue weighted by Crippen LogP contribution is 2.31. The summed E-state index contributed by atoms with van der Waals surface area (Å²) in [4.78, 5) is 18.4. The van der Waals surface area contributed by atoms with Gasteiger partial charge in [-0.05, 0) is 73.0 Å². The smallest absolute Gasteiger partial charge is 0.267 e. The minimum absolute atomic E-state index is 0.142. The van der Waals surface area contributed by atoms with Gasteiger partial charge in [0.1, 0.15) is 0 Å². The maximum atomic E-state index is 13.6. The van der Waals surface area contributed by atoms with Crippen LogP contribution in [0.15, 0.2) is 81.2 Å². The largest absolute Gasteiger partial charge is 0.280 e. The van der Waals surface area contributed by atoms with Gasteiger partial charge in [-0.2, -0.15) is 10.1 Å². The predicted molar refractivity (Wildman–Crippen MR) is 154 cm³/mol. The van der Waals surface area contributed by atoms with Crippen molar-refractivity contribution in [2.24, 2.45) is 5.10 Å². The van der Waals surface area contributed by atoms with E-state index < -0.39 is 15.9 Å². The number of nitrogens with zero attached hydrogens (tertiary/aromatic N) is 4. The van der Waals surface area contributed by atoms with Crippen molar-refractivity contribution in [3.63, 3.8) is 0 Å². The predicted octanol–water partition coefficient (Wildman–Crippen LogP) is 6.47. The van der Waals surface area contributed by atoms with E-state index in [9.17, 15) is 13.2 Å². The van der Waals surface area contributed by atoms with Crippen LogP contribution in [-0.2, 0) is 10.0 Å². The fraction of sp³-hybridized carbons (Fsp3) is 0.222. The number of rotatable bonds is 9. The van der Waals surface area contributed by atoms with Gasteiger partial charge in [0.05, 0.1) is 21.3 Å². The summed E-state index contributed by atoms with van der Waals surface area (Å²) in [5, 5.41) is 6.17. The van der Waals surface area contributed by atoms with E-state index in [0.29, 0.717) is 17.2 Å². The molecule has 0 radical (unpaired) electrons. The molecule has 0 unspecified atom stereocenters. The van der Waals surface area contributed by atoms with Crippen LogP contribution in [0.5, 0.6) is 0 Å². The first kappa shape index (κ1) is 27.1. The Morgan fingerprint density at radius 2 is 1.78 bits per heavy atom. The van der Waals surface area contributed by atoms with Gasteiger partial charge in [-0.1, -0.05) is 58.8 Å². The zero-order chi connectivity index (χ0) is 26.6. The Hall–Kier alpha value is -2.92. The average Bonchev–Trinajstić information content (AvgIpc) is 3.31. The number of hydrogen-bond donors (Lipinski definition) is 0. The molecule has 0 N–H and O–H groups in total. The zero-order valence-corrected chi connectivity index (χ0v) is 24.0. The van der Waals surface area contributed by atoms with Crippen LogP contribution in [0.1, 0.15) is 41.3 Å². The second-order valence-electron chi connectivity index (χ2n) is 8.59. The zero-order valence-electron chi connectivity index (χ0n) is 20.8. The third kappa shape index (κ3) is 6.32. The lowest BCUT2D eigenvalue weighted by atomic mass is 10.2. The van der Waals surface area contributed by atoms with Crippen molar-refractivity contribution in [3.8, 4) is 0 Å². The molecule has 0 bridgehead atoms. The quantitative estimate of drug-likeness (QED) is 0.163. The van der Waals surface area contributed by atoms with Crippen LogP contribution >= 0.6 is 27.3 Å². The Kier molecular flexibility index (Phi) is 8.53. The molecule has 1 amide bonds. The SMILES string of the molecule is CCCCN(C)S(=O)(=O)c1ccc(C(=O)N(/N=C/c2ccc(Br)cc2)c2nc3ccc(C)cc3s2)cc1. The number of benzene rings is 3. The molecule has 7 nitrogen and oxygen atoms in total. The molecule has 1 heterocycles. The summed E-state index contributed by atoms with van der Waals surface area (Å²) in [6.45, 7) is 4.45. The first-order valence-corrected chi connectivity index (χ1v) is 14.8. The second kappa shape index (κ2) is 11.6. The number of sulfonamides is 1. The Morgan fingerprint density at radius 3 is 2.46 bits per heavy atom. The number of hydrogen-bond acceptors (Lipinski definition) is 6. The van der Waals surface area contributed by atoms with E-state index in [1.165, 1.54) is 44.9 Å². The van der Waals surface area contributed by atoms with Gasteiger partial charge in [-0.3, -0.25) is 4.79 Å². The van der Waals surface area contributed by atoms with E-state index in [4.69, 9.17) is 0 Å². The molecule has 0 atom stereocenters. The Bertz CT molecular complexity index is 1530. The summed E-state index contributed by atoms with van der Waals surface area (Å²) in [5.41, 5.74) is 2.99. The number of fused-ring (bicyclic) bond motifs is 1. The maximum absolute atomic E-state index is 13.6. The highest BCUT2D eigenvalue weighted by molar-refractivity contribution is 9.10. The molecular weight excluding hydrogens is 572 g/mol. The number of carbonyl (C=O) groups is 1. The summed E-state index contributed by atoms with van der Waals surface area (Å²) in [6, 6.07) is 19.4. The lowest BCUT2D eigenvalue weighted by Gasteiger charge is -2.17. The number of unbranched alkanes of at least 4 members (excludes halogenated alkanes) is 1. The van der Waals surface area contributed by atoms with Crippen LogP contribution < -0.4 is 5.01 Å². The molecule has 3 aromatic carbocycles. The van der Waals surface area contributed by atoms with Crippen molar-refractivity contribution < 1.29 is 13.2 Å². The van der Waals surface area contributed by atoms with Crippen molar-refractivity contribution in [1.82, 2.24) is 9.29 Å². The van der Waals surface area contributed by atoms with Crippen LogP contribution in [-0.4, -0.2) is 43.4 Å². The van der Waals surface area contributed by atoms with E-state index in [1.54, 1.807) is 13.3 Å². The molecule has 0 saturated carbocycles. The molecule has 0 saturated heterocycles. The fourth-order valence-electron chi connectivity index (χ4n) is 3.54. The van der Waals surface area contributed by atoms with Crippen LogP contribution in [0.4, 0.5) is 5.13 Å². The molecule has 0 aliphatic rings. The van der Waals surface area contributed by atoms with E-state index in [0.717, 1.165) is 38.7 Å². The van der Waals surface area contributed by atoms with Gasteiger partial charge in [0.25, 0.3) is 5.91 Å². The summed E-state index contributed by atoms with van der Waals surface area (Å²) in [6.07, 6.45) is 3.28. The number of aromatic nitrogens is 1. The van der Waals surface area contributed by atoms with E-state index in [-0.39, 0.29) is 4.90 Å². The van der Waals surface area contributed by atoms with E-state index in [2.05, 4.69) is 26.0 Å². The highest BCUT2D eigenvalue weighted by Gasteiger charge is 2.24. The number of hydrazone groups is 1. The molecule has 4 aromatic rings. The van der Waals surface area contributed by atoms with Gasteiger partial charge in [-0.25, -0.2) is 17.7 Å². The molecule has 10 heteroatoms. The third-order valence-corrected chi connectivity index (χ3v) is 9.13. The van der Waals surface area contributed by atoms with Crippen LogP contribution in [0.25, 0.3) is 10.2 Å². The molecule has 0 aliphatic heterocycles. The highest BCUT2D eigenvalue weighted by atomic mass is 79.9. The molecule has 0 aliphatic carbocycles. The summed E-state index contributed by atoms with van der Waals surface area (Å²) < 4.78 is 29.0. The van der Waals surface area contributed by atoms with Gasteiger partial charge < -0.3 is 0 Å². The van der Waals surface area contributed by atoms with Gasteiger partial charge in [0.15, 0.2) is 0 Å². The molecule has 37 heavy (non-hydrogen) atoms. The van der Waals surface area contributed by atoms with Crippen molar-refractivity contribution in [3.05, 3.63) is 87.9 Å². The van der Waals surface area contributed by atoms with Gasteiger partial charge >= 0.3 is 0 Å². The average molecular weight is 600 g/mol. The van der Waals surface area contributed by atoms with Crippen molar-refractivity contribution in [2.45, 2.75) is 31.6 Å². The van der Waals surface area contributed by atoms with Crippen molar-refractivity contribution >= 4 is 64.8 Å². The third-order valence-electron chi connectivity index (χ3n) is 5.73. The number of halogens is 1. The van der Waals surface area contributed by atoms with Crippen LogP contribution in [0.3, 0.4) is 0 Å². The van der Waals surface area contributed by atoms with Gasteiger partial charge in [0.2, 0.25) is 15.2 Å². The Morgan fingerprint density at radius 1 is 1.08 bits per heavy atom. The standard InChI is InChI=1S/C27H27BrN4O3S2/c1-4-5-16-31(3)37(34,35)23-13-9-21(10-14-23)26(33)32(29-18-20-7-11-22(28)12-8-20)27-30-24-15-6-19(2)17-25(24)36-27/h6-15,17-18H,4-5,16H2,1-3H3/b29-18+. The molecule has 4 rings (SSSR count).